The first-order valence-electron chi connectivity index (χ1n) is 4.10. The Morgan fingerprint density at radius 3 is 2.31 bits per heavy atom. The van der Waals surface area contributed by atoms with E-state index in [2.05, 4.69) is 5.32 Å². The average molecular weight is 261 g/mol. The summed E-state index contributed by atoms with van der Waals surface area (Å²) in [5.41, 5.74) is 0.664. The first-order chi connectivity index (χ1) is 7.15. The zero-order valence-electron chi connectivity index (χ0n) is 8.44. The molecule has 0 bridgehead atoms. The van der Waals surface area contributed by atoms with Crippen LogP contribution in [0.5, 0.6) is 0 Å². The first-order valence-corrected chi connectivity index (χ1v) is 4.92. The molecular formula is C10H5FKNO2S. The Morgan fingerprint density at radius 2 is 1.81 bits per heavy atom. The number of halogens is 1. The van der Waals surface area contributed by atoms with Crippen LogP contribution in [0.3, 0.4) is 0 Å². The first kappa shape index (κ1) is 14.1. The molecule has 1 saturated heterocycles. The molecule has 0 spiro atoms. The van der Waals surface area contributed by atoms with Crippen molar-refractivity contribution in [3.63, 3.8) is 0 Å². The van der Waals surface area contributed by atoms with Crippen LogP contribution in [0.1, 0.15) is 5.56 Å². The van der Waals surface area contributed by atoms with Gasteiger partial charge in [-0.15, -0.1) is 0 Å². The summed E-state index contributed by atoms with van der Waals surface area (Å²) in [6.07, 6.45) is 1.51. The van der Waals surface area contributed by atoms with Crippen molar-refractivity contribution in [2.75, 3.05) is 0 Å². The van der Waals surface area contributed by atoms with Gasteiger partial charge in [0.15, 0.2) is 0 Å². The molecule has 2 rings (SSSR count). The quantitative estimate of drug-likeness (QED) is 0.525. The van der Waals surface area contributed by atoms with Gasteiger partial charge in [-0.2, -0.15) is 0 Å². The molecule has 0 N–H and O–H groups in total. The Morgan fingerprint density at radius 1 is 1.19 bits per heavy atom. The molecular weight excluding hydrogens is 256 g/mol. The number of carbonyl (C=O) groups is 2. The van der Waals surface area contributed by atoms with Gasteiger partial charge in [0.1, 0.15) is 11.1 Å². The number of rotatable bonds is 1. The molecule has 16 heavy (non-hydrogen) atoms. The van der Waals surface area contributed by atoms with E-state index in [1.54, 1.807) is 0 Å². The van der Waals surface area contributed by atoms with Gasteiger partial charge in [-0.25, -0.2) is 4.39 Å². The van der Waals surface area contributed by atoms with Crippen LogP contribution in [-0.2, 0) is 4.79 Å². The Labute approximate surface area is 138 Å². The average Bonchev–Trinajstić information content (AvgIpc) is 2.49. The largest absolute Gasteiger partial charge is 1.00 e. The van der Waals surface area contributed by atoms with Crippen LogP contribution in [0, 0.1) is 5.82 Å². The summed E-state index contributed by atoms with van der Waals surface area (Å²) in [5, 5.41) is 2.72. The second kappa shape index (κ2) is 6.09. The van der Waals surface area contributed by atoms with Crippen LogP contribution in [0.4, 0.5) is 9.18 Å². The maximum absolute atomic E-state index is 12.6. The van der Waals surface area contributed by atoms with Gasteiger partial charge >= 0.3 is 51.4 Å². The van der Waals surface area contributed by atoms with Gasteiger partial charge in [0.05, 0.1) is 5.91 Å². The number of thioether (sulfide) groups is 1. The predicted octanol–water partition coefficient (Wildman–Crippen LogP) is -0.0623. The Kier molecular flexibility index (Phi) is 5.36. The van der Waals surface area contributed by atoms with Crippen LogP contribution in [-0.4, -0.2) is 11.1 Å². The Bertz CT molecular complexity index is 458. The Hall–Kier alpha value is 0.0164. The maximum atomic E-state index is 12.6. The van der Waals surface area contributed by atoms with Crippen molar-refractivity contribution in [3.05, 3.63) is 45.9 Å². The molecule has 6 heteroatoms. The third kappa shape index (κ3) is 3.51. The minimum absolute atomic E-state index is 0. The summed E-state index contributed by atoms with van der Waals surface area (Å²) in [4.78, 5) is 22.2. The molecule has 0 aromatic heterocycles. The predicted molar refractivity (Wildman–Crippen MR) is 55.7 cm³/mol. The Balaban J connectivity index is 0.00000128. The fraction of sp³-hybridized carbons (Fsp3) is 0. The number of imide groups is 1. The molecule has 76 valence electrons. The number of hydrogen-bond donors (Lipinski definition) is 0. The van der Waals surface area contributed by atoms with Crippen LogP contribution >= 0.6 is 11.8 Å². The molecule has 2 amide bonds. The molecule has 0 atom stereocenters. The second-order valence-electron chi connectivity index (χ2n) is 2.85. The number of amides is 2. The third-order valence-corrected chi connectivity index (χ3v) is 2.55. The summed E-state index contributed by atoms with van der Waals surface area (Å²) in [6, 6.07) is 5.63. The van der Waals surface area contributed by atoms with E-state index in [0.29, 0.717) is 5.56 Å². The third-order valence-electron chi connectivity index (χ3n) is 1.77. The van der Waals surface area contributed by atoms with Gasteiger partial charge in [-0.05, 0) is 23.8 Å². The summed E-state index contributed by atoms with van der Waals surface area (Å²) < 4.78 is 12.6. The molecule has 1 aromatic rings. The summed E-state index contributed by atoms with van der Waals surface area (Å²) in [7, 11) is 0. The molecule has 0 radical (unpaired) electrons. The van der Waals surface area contributed by atoms with Crippen LogP contribution in [0.15, 0.2) is 29.2 Å². The van der Waals surface area contributed by atoms with Gasteiger partial charge in [-0.1, -0.05) is 23.9 Å². The number of nitrogens with zero attached hydrogens (tertiary/aromatic N) is 1. The zero-order valence-corrected chi connectivity index (χ0v) is 12.4. The zero-order chi connectivity index (χ0) is 10.8. The van der Waals surface area contributed by atoms with Gasteiger partial charge in [0, 0.05) is 4.91 Å². The van der Waals surface area contributed by atoms with Crippen molar-refractivity contribution in [2.24, 2.45) is 0 Å². The van der Waals surface area contributed by atoms with E-state index in [1.165, 1.54) is 30.3 Å². The maximum Gasteiger partial charge on any atom is 1.00 e. The van der Waals surface area contributed by atoms with E-state index in [1.807, 2.05) is 0 Å². The van der Waals surface area contributed by atoms with Gasteiger partial charge in [0.25, 0.3) is 0 Å². The fourth-order valence-electron chi connectivity index (χ4n) is 1.10. The van der Waals surface area contributed by atoms with E-state index < -0.39 is 11.1 Å². The standard InChI is InChI=1S/C10H6FNO2S.K/c11-7-3-1-6(2-4-7)5-8-9(13)12-10(14)15-8;/h1-5H,(H,12,13,14);/q;+1/p-1/b8-5-;. The molecule has 1 heterocycles. The molecule has 1 fully saturated rings. The van der Waals surface area contributed by atoms with E-state index in [0.717, 1.165) is 11.8 Å². The van der Waals surface area contributed by atoms with E-state index in [9.17, 15) is 14.0 Å². The van der Waals surface area contributed by atoms with E-state index in [4.69, 9.17) is 0 Å². The number of hydrogen-bond acceptors (Lipinski definition) is 3. The fourth-order valence-corrected chi connectivity index (χ4v) is 1.74. The number of benzene rings is 1. The molecule has 1 aliphatic heterocycles. The van der Waals surface area contributed by atoms with Crippen LogP contribution in [0.2, 0.25) is 0 Å². The molecule has 1 aliphatic rings. The second-order valence-corrected chi connectivity index (χ2v) is 3.84. The molecule has 0 unspecified atom stereocenters. The summed E-state index contributed by atoms with van der Waals surface area (Å²) in [6.45, 7) is 0. The van der Waals surface area contributed by atoms with Crippen molar-refractivity contribution in [2.45, 2.75) is 0 Å². The van der Waals surface area contributed by atoms with Crippen molar-refractivity contribution in [1.82, 2.24) is 0 Å². The smallest absolute Gasteiger partial charge is 0.581 e. The van der Waals surface area contributed by atoms with Gasteiger partial charge in [-0.3, -0.25) is 0 Å². The van der Waals surface area contributed by atoms with Crippen molar-refractivity contribution in [1.29, 1.82) is 0 Å². The van der Waals surface area contributed by atoms with E-state index >= 15 is 0 Å². The molecule has 1 aromatic carbocycles. The van der Waals surface area contributed by atoms with Crippen molar-refractivity contribution >= 4 is 29.0 Å². The molecule has 3 nitrogen and oxygen atoms in total. The van der Waals surface area contributed by atoms with Gasteiger partial charge < -0.3 is 14.9 Å². The van der Waals surface area contributed by atoms with Gasteiger partial charge in [0.2, 0.25) is 0 Å². The topological polar surface area (TPSA) is 48.2 Å². The van der Waals surface area contributed by atoms with Crippen molar-refractivity contribution < 1.29 is 65.4 Å². The minimum Gasteiger partial charge on any atom is -0.581 e. The minimum atomic E-state index is -0.533. The normalized spacial score (nSPS) is 17.2. The van der Waals surface area contributed by atoms with Crippen molar-refractivity contribution in [3.8, 4) is 0 Å². The SMILES string of the molecule is O=C1[N-]C(=O)/C(=C/c2ccc(F)cc2)S1.[K+]. The number of carbonyl (C=O) groups excluding carboxylic acids is 2. The molecule has 0 aliphatic carbocycles. The van der Waals surface area contributed by atoms with E-state index in [-0.39, 0.29) is 62.1 Å². The van der Waals surface area contributed by atoms with Crippen LogP contribution in [0.25, 0.3) is 11.4 Å². The summed E-state index contributed by atoms with van der Waals surface area (Å²) in [5.74, 6) is -0.877. The van der Waals surface area contributed by atoms with Crippen LogP contribution < -0.4 is 51.4 Å². The monoisotopic (exact) mass is 261 g/mol. The molecule has 0 saturated carbocycles. The summed E-state index contributed by atoms with van der Waals surface area (Å²) >= 11 is 0.785.